The molecular weight excluding hydrogens is 277 g/mol. The third-order valence-corrected chi connectivity index (χ3v) is 3.38. The van der Waals surface area contributed by atoms with E-state index < -0.39 is 5.82 Å². The lowest BCUT2D eigenvalue weighted by atomic mass is 10.0. The highest BCUT2D eigenvalue weighted by Gasteiger charge is 2.10. The van der Waals surface area contributed by atoms with Crippen molar-refractivity contribution in [3.63, 3.8) is 0 Å². The lowest BCUT2D eigenvalue weighted by molar-refractivity contribution is -0.118. The number of carbonyl (C=O) groups excluding carboxylic acids is 1. The number of hydrogen-bond donors (Lipinski definition) is 1. The van der Waals surface area contributed by atoms with Crippen LogP contribution in [-0.4, -0.2) is 5.78 Å². The third kappa shape index (κ3) is 3.81. The maximum absolute atomic E-state index is 13.7. The molecule has 2 nitrogen and oxygen atoms in total. The number of rotatable bonds is 5. The molecule has 2 rings (SSSR count). The van der Waals surface area contributed by atoms with Crippen molar-refractivity contribution in [1.82, 2.24) is 0 Å². The van der Waals surface area contributed by atoms with Crippen molar-refractivity contribution in [1.29, 1.82) is 0 Å². The van der Waals surface area contributed by atoms with Crippen LogP contribution in [0.4, 0.5) is 10.1 Å². The van der Waals surface area contributed by atoms with Crippen molar-refractivity contribution in [3.8, 4) is 0 Å². The summed E-state index contributed by atoms with van der Waals surface area (Å²) in [5.41, 5.74) is 7.68. The Balaban J connectivity index is 1.92. The van der Waals surface area contributed by atoms with Crippen molar-refractivity contribution in [2.24, 2.45) is 0 Å². The van der Waals surface area contributed by atoms with E-state index in [-0.39, 0.29) is 17.2 Å². The molecule has 4 heteroatoms. The Bertz CT molecular complexity index is 610. The van der Waals surface area contributed by atoms with Gasteiger partial charge in [0.2, 0.25) is 0 Å². The highest BCUT2D eigenvalue weighted by molar-refractivity contribution is 6.30. The molecular formula is C16H15ClFNO. The fourth-order valence-electron chi connectivity index (χ4n) is 1.95. The summed E-state index contributed by atoms with van der Waals surface area (Å²) in [7, 11) is 0. The first-order valence-corrected chi connectivity index (χ1v) is 6.73. The zero-order valence-electron chi connectivity index (χ0n) is 10.9. The lowest BCUT2D eigenvalue weighted by Gasteiger charge is -2.05. The summed E-state index contributed by atoms with van der Waals surface area (Å²) in [6.45, 7) is 0. The normalized spacial score (nSPS) is 10.5. The molecule has 0 saturated carbocycles. The number of Topliss-reactive ketones (excluding diaryl/α,β-unsaturated/α-hetero) is 1. The van der Waals surface area contributed by atoms with Crippen molar-refractivity contribution >= 4 is 23.1 Å². The van der Waals surface area contributed by atoms with Crippen LogP contribution in [-0.2, 0) is 17.6 Å². The molecule has 0 spiro atoms. The number of carbonyl (C=O) groups is 1. The molecule has 0 saturated heterocycles. The largest absolute Gasteiger partial charge is 0.399 e. The van der Waals surface area contributed by atoms with Gasteiger partial charge in [0.1, 0.15) is 11.6 Å². The van der Waals surface area contributed by atoms with Gasteiger partial charge in [0.15, 0.2) is 0 Å². The molecule has 2 aromatic rings. The molecule has 2 aromatic carbocycles. The van der Waals surface area contributed by atoms with E-state index in [9.17, 15) is 9.18 Å². The van der Waals surface area contributed by atoms with Crippen LogP contribution in [0.1, 0.15) is 17.5 Å². The van der Waals surface area contributed by atoms with Crippen LogP contribution in [0.15, 0.2) is 42.5 Å². The molecule has 0 aliphatic heterocycles. The summed E-state index contributed by atoms with van der Waals surface area (Å²) in [5, 5.41) is 0.0498. The van der Waals surface area contributed by atoms with Gasteiger partial charge in [-0.05, 0) is 35.7 Å². The predicted molar refractivity (Wildman–Crippen MR) is 79.3 cm³/mol. The lowest BCUT2D eigenvalue weighted by Crippen LogP contribution is -2.06. The Morgan fingerprint density at radius 3 is 2.55 bits per heavy atom. The molecule has 0 atom stereocenters. The van der Waals surface area contributed by atoms with E-state index in [0.717, 1.165) is 5.56 Å². The molecule has 0 bridgehead atoms. The monoisotopic (exact) mass is 291 g/mol. The average Bonchev–Trinajstić information content (AvgIpc) is 2.43. The van der Waals surface area contributed by atoms with Gasteiger partial charge in [0.25, 0.3) is 0 Å². The number of ketones is 1. The van der Waals surface area contributed by atoms with E-state index >= 15 is 0 Å². The van der Waals surface area contributed by atoms with Crippen molar-refractivity contribution < 1.29 is 9.18 Å². The van der Waals surface area contributed by atoms with Crippen molar-refractivity contribution in [3.05, 3.63) is 64.4 Å². The molecule has 104 valence electrons. The summed E-state index contributed by atoms with van der Waals surface area (Å²) < 4.78 is 13.7. The molecule has 0 unspecified atom stereocenters. The third-order valence-electron chi connectivity index (χ3n) is 3.09. The van der Waals surface area contributed by atoms with E-state index in [1.807, 2.05) is 12.1 Å². The highest BCUT2D eigenvalue weighted by atomic mass is 35.5. The Morgan fingerprint density at radius 1 is 1.15 bits per heavy atom. The Morgan fingerprint density at radius 2 is 1.85 bits per heavy atom. The minimum atomic E-state index is -0.505. The minimum Gasteiger partial charge on any atom is -0.399 e. The molecule has 0 amide bonds. The number of anilines is 1. The number of nitrogens with two attached hydrogens (primary N) is 1. The fourth-order valence-corrected chi connectivity index (χ4v) is 2.15. The van der Waals surface area contributed by atoms with Crippen LogP contribution < -0.4 is 5.73 Å². The number of halogens is 2. The van der Waals surface area contributed by atoms with Crippen LogP contribution in [0.5, 0.6) is 0 Å². The van der Waals surface area contributed by atoms with Gasteiger partial charge >= 0.3 is 0 Å². The van der Waals surface area contributed by atoms with Crippen LogP contribution in [0.25, 0.3) is 0 Å². The van der Waals surface area contributed by atoms with E-state index in [4.69, 9.17) is 17.3 Å². The molecule has 0 aromatic heterocycles. The van der Waals surface area contributed by atoms with E-state index in [1.165, 1.54) is 6.07 Å². The van der Waals surface area contributed by atoms with Gasteiger partial charge in [-0.3, -0.25) is 4.79 Å². The average molecular weight is 292 g/mol. The molecule has 2 N–H and O–H groups in total. The summed E-state index contributed by atoms with van der Waals surface area (Å²) in [6, 6.07) is 12.1. The topological polar surface area (TPSA) is 43.1 Å². The Hall–Kier alpha value is -1.87. The van der Waals surface area contributed by atoms with Gasteiger partial charge in [0, 0.05) is 18.5 Å². The van der Waals surface area contributed by atoms with E-state index in [1.54, 1.807) is 24.3 Å². The Labute approximate surface area is 122 Å². The van der Waals surface area contributed by atoms with Crippen LogP contribution in [0, 0.1) is 5.82 Å². The van der Waals surface area contributed by atoms with Crippen molar-refractivity contribution in [2.45, 2.75) is 19.3 Å². The summed E-state index contributed by atoms with van der Waals surface area (Å²) >= 11 is 5.69. The van der Waals surface area contributed by atoms with Gasteiger partial charge in [-0.1, -0.05) is 35.9 Å². The molecule has 0 aliphatic carbocycles. The fraction of sp³-hybridized carbons (Fsp3) is 0.188. The second-order valence-electron chi connectivity index (χ2n) is 4.67. The second-order valence-corrected chi connectivity index (χ2v) is 5.08. The molecule has 0 heterocycles. The highest BCUT2D eigenvalue weighted by Crippen LogP contribution is 2.19. The zero-order valence-corrected chi connectivity index (χ0v) is 11.7. The smallest absolute Gasteiger partial charge is 0.145 e. The summed E-state index contributed by atoms with van der Waals surface area (Å²) in [4.78, 5) is 11.9. The maximum Gasteiger partial charge on any atom is 0.145 e. The number of hydrogen-bond acceptors (Lipinski definition) is 2. The Kier molecular flexibility index (Phi) is 4.74. The van der Waals surface area contributed by atoms with E-state index in [2.05, 4.69) is 0 Å². The van der Waals surface area contributed by atoms with Crippen LogP contribution in [0.3, 0.4) is 0 Å². The van der Waals surface area contributed by atoms with E-state index in [0.29, 0.717) is 24.1 Å². The molecule has 0 aliphatic rings. The first-order chi connectivity index (χ1) is 9.56. The quantitative estimate of drug-likeness (QED) is 0.851. The number of benzene rings is 2. The summed E-state index contributed by atoms with van der Waals surface area (Å²) in [6.07, 6.45) is 1.07. The number of nitrogen functional groups attached to an aromatic ring is 1. The SMILES string of the molecule is Nc1ccc(CCC(=O)Cc2cccc(Cl)c2F)cc1. The molecule has 20 heavy (non-hydrogen) atoms. The second kappa shape index (κ2) is 6.53. The van der Waals surface area contributed by atoms with Gasteiger partial charge in [0.05, 0.1) is 5.02 Å². The maximum atomic E-state index is 13.7. The van der Waals surface area contributed by atoms with Crippen molar-refractivity contribution in [2.75, 3.05) is 5.73 Å². The molecule has 0 fully saturated rings. The summed E-state index contributed by atoms with van der Waals surface area (Å²) in [5.74, 6) is -0.516. The van der Waals surface area contributed by atoms with Gasteiger partial charge < -0.3 is 5.73 Å². The van der Waals surface area contributed by atoms with Crippen LogP contribution >= 0.6 is 11.6 Å². The first kappa shape index (κ1) is 14.5. The van der Waals surface area contributed by atoms with Crippen LogP contribution in [0.2, 0.25) is 5.02 Å². The molecule has 0 radical (unpaired) electrons. The van der Waals surface area contributed by atoms with Gasteiger partial charge in [-0.15, -0.1) is 0 Å². The first-order valence-electron chi connectivity index (χ1n) is 6.35. The standard InChI is InChI=1S/C16H15ClFNO/c17-15-3-1-2-12(16(15)18)10-14(20)9-6-11-4-7-13(19)8-5-11/h1-5,7-8H,6,9-10,19H2. The number of aryl methyl sites for hydroxylation is 1. The van der Waals surface area contributed by atoms with Gasteiger partial charge in [-0.25, -0.2) is 4.39 Å². The van der Waals surface area contributed by atoms with Gasteiger partial charge in [-0.2, -0.15) is 0 Å². The minimum absolute atomic E-state index is 0.0111. The predicted octanol–water partition coefficient (Wildman–Crippen LogP) is 3.81. The zero-order chi connectivity index (χ0) is 14.5.